The van der Waals surface area contributed by atoms with Crippen LogP contribution in [0.4, 0.5) is 4.39 Å². The largest absolute Gasteiger partial charge is 0.455 e. The van der Waals surface area contributed by atoms with Crippen LogP contribution < -0.4 is 5.32 Å². The number of ether oxygens (including phenoxy) is 1. The van der Waals surface area contributed by atoms with Gasteiger partial charge in [0.15, 0.2) is 6.61 Å². The second-order valence-corrected chi connectivity index (χ2v) is 7.08. The summed E-state index contributed by atoms with van der Waals surface area (Å²) in [5.41, 5.74) is 2.10. The van der Waals surface area contributed by atoms with E-state index in [1.165, 1.54) is 12.1 Å². The number of aryl methyl sites for hydroxylation is 1. The summed E-state index contributed by atoms with van der Waals surface area (Å²) in [5.74, 6) is -1.08. The Hall–Kier alpha value is -2.69. The minimum absolute atomic E-state index is 0.312. The van der Waals surface area contributed by atoms with Crippen LogP contribution in [0.2, 0.25) is 0 Å². The van der Waals surface area contributed by atoms with E-state index < -0.39 is 11.4 Å². The van der Waals surface area contributed by atoms with E-state index in [1.807, 2.05) is 31.2 Å². The molecule has 0 bridgehead atoms. The quantitative estimate of drug-likeness (QED) is 0.788. The first-order chi connectivity index (χ1) is 13.0. The van der Waals surface area contributed by atoms with E-state index in [9.17, 15) is 14.0 Å². The molecule has 1 saturated carbocycles. The van der Waals surface area contributed by atoms with Crippen molar-refractivity contribution in [2.24, 2.45) is 0 Å². The van der Waals surface area contributed by atoms with Gasteiger partial charge in [-0.1, -0.05) is 49.2 Å². The van der Waals surface area contributed by atoms with Crippen molar-refractivity contribution in [1.29, 1.82) is 0 Å². The van der Waals surface area contributed by atoms with Gasteiger partial charge in [-0.25, -0.2) is 4.39 Å². The fraction of sp³-hybridized carbons (Fsp3) is 0.364. The summed E-state index contributed by atoms with van der Waals surface area (Å²) in [4.78, 5) is 24.9. The van der Waals surface area contributed by atoms with Crippen molar-refractivity contribution in [2.75, 3.05) is 6.61 Å². The van der Waals surface area contributed by atoms with Crippen molar-refractivity contribution in [3.05, 3.63) is 71.0 Å². The molecule has 0 aromatic heterocycles. The molecule has 1 aliphatic rings. The first kappa shape index (κ1) is 19.1. The van der Waals surface area contributed by atoms with Gasteiger partial charge >= 0.3 is 5.97 Å². The minimum atomic E-state index is -0.774. The van der Waals surface area contributed by atoms with Gasteiger partial charge in [-0.05, 0) is 48.6 Å². The first-order valence-electron chi connectivity index (χ1n) is 9.26. The van der Waals surface area contributed by atoms with Crippen LogP contribution in [0, 0.1) is 12.7 Å². The maximum absolute atomic E-state index is 13.2. The van der Waals surface area contributed by atoms with Crippen LogP contribution in [0.3, 0.4) is 0 Å². The summed E-state index contributed by atoms with van der Waals surface area (Å²) in [5, 5.41) is 2.78. The Kier molecular flexibility index (Phi) is 5.89. The molecule has 0 spiro atoms. The fourth-order valence-electron chi connectivity index (χ4n) is 3.68. The molecule has 0 atom stereocenters. The van der Waals surface area contributed by atoms with Crippen molar-refractivity contribution in [1.82, 2.24) is 5.32 Å². The Morgan fingerprint density at radius 1 is 1.07 bits per heavy atom. The molecule has 3 rings (SSSR count). The van der Waals surface area contributed by atoms with Crippen molar-refractivity contribution < 1.29 is 18.7 Å². The lowest BCUT2D eigenvalue weighted by molar-refractivity contribution is -0.154. The summed E-state index contributed by atoms with van der Waals surface area (Å²) in [6, 6.07) is 13.8. The smallest absolute Gasteiger partial charge is 0.317 e. The van der Waals surface area contributed by atoms with Crippen LogP contribution in [0.15, 0.2) is 48.5 Å². The lowest BCUT2D eigenvalue weighted by atomic mass is 9.79. The molecule has 142 valence electrons. The number of halogens is 1. The number of benzene rings is 2. The highest BCUT2D eigenvalue weighted by molar-refractivity contribution is 5.86. The van der Waals surface area contributed by atoms with E-state index in [1.54, 1.807) is 12.1 Å². The molecule has 0 aliphatic heterocycles. The zero-order valence-corrected chi connectivity index (χ0v) is 15.5. The second kappa shape index (κ2) is 8.33. The average molecular weight is 369 g/mol. The monoisotopic (exact) mass is 369 g/mol. The lowest BCUT2D eigenvalue weighted by Gasteiger charge is -2.27. The first-order valence-corrected chi connectivity index (χ1v) is 9.26. The van der Waals surface area contributed by atoms with Gasteiger partial charge in [0, 0.05) is 6.54 Å². The van der Waals surface area contributed by atoms with E-state index in [4.69, 9.17) is 4.74 Å². The zero-order chi connectivity index (χ0) is 19.3. The summed E-state index contributed by atoms with van der Waals surface area (Å²) >= 11 is 0. The van der Waals surface area contributed by atoms with E-state index in [-0.39, 0.29) is 18.3 Å². The SMILES string of the molecule is Cc1ccccc1CNC(=O)COC(=O)C1(c2ccc(F)cc2)CCCC1. The van der Waals surface area contributed by atoms with Crippen molar-refractivity contribution in [3.63, 3.8) is 0 Å². The second-order valence-electron chi connectivity index (χ2n) is 7.08. The van der Waals surface area contributed by atoms with Crippen LogP contribution in [-0.4, -0.2) is 18.5 Å². The Labute approximate surface area is 158 Å². The van der Waals surface area contributed by atoms with Crippen LogP contribution in [0.1, 0.15) is 42.4 Å². The maximum Gasteiger partial charge on any atom is 0.317 e. The molecule has 1 aliphatic carbocycles. The van der Waals surface area contributed by atoms with Gasteiger partial charge in [0.1, 0.15) is 5.82 Å². The van der Waals surface area contributed by atoms with Crippen molar-refractivity contribution in [2.45, 2.75) is 44.6 Å². The van der Waals surface area contributed by atoms with Gasteiger partial charge < -0.3 is 10.1 Å². The molecule has 0 unspecified atom stereocenters. The van der Waals surface area contributed by atoms with Crippen LogP contribution >= 0.6 is 0 Å². The van der Waals surface area contributed by atoms with Crippen LogP contribution in [0.5, 0.6) is 0 Å². The molecule has 27 heavy (non-hydrogen) atoms. The summed E-state index contributed by atoms with van der Waals surface area (Å²) in [6.07, 6.45) is 3.13. The minimum Gasteiger partial charge on any atom is -0.455 e. The van der Waals surface area contributed by atoms with Gasteiger partial charge in [0.2, 0.25) is 0 Å². The van der Waals surface area contributed by atoms with Gasteiger partial charge in [-0.15, -0.1) is 0 Å². The fourth-order valence-corrected chi connectivity index (χ4v) is 3.68. The number of carbonyl (C=O) groups excluding carboxylic acids is 2. The average Bonchev–Trinajstić information content (AvgIpc) is 3.17. The Morgan fingerprint density at radius 2 is 1.74 bits per heavy atom. The summed E-state index contributed by atoms with van der Waals surface area (Å²) in [7, 11) is 0. The van der Waals surface area contributed by atoms with E-state index >= 15 is 0 Å². The van der Waals surface area contributed by atoms with Crippen molar-refractivity contribution >= 4 is 11.9 Å². The van der Waals surface area contributed by atoms with E-state index in [2.05, 4.69) is 5.32 Å². The number of hydrogen-bond donors (Lipinski definition) is 1. The molecular formula is C22H24FNO3. The molecular weight excluding hydrogens is 345 g/mol. The third kappa shape index (κ3) is 4.35. The molecule has 1 amide bonds. The lowest BCUT2D eigenvalue weighted by Crippen LogP contribution is -2.37. The number of nitrogens with one attached hydrogen (secondary N) is 1. The highest BCUT2D eigenvalue weighted by atomic mass is 19.1. The number of rotatable bonds is 6. The van der Waals surface area contributed by atoms with E-state index in [0.717, 1.165) is 29.5 Å². The number of esters is 1. The van der Waals surface area contributed by atoms with Gasteiger partial charge in [0.05, 0.1) is 5.41 Å². The standard InChI is InChI=1S/C22H24FNO3/c1-16-6-2-3-7-17(16)14-24-20(25)15-27-21(26)22(12-4-5-13-22)18-8-10-19(23)11-9-18/h2-3,6-11H,4-5,12-15H2,1H3,(H,24,25). The zero-order valence-electron chi connectivity index (χ0n) is 15.5. The molecule has 0 saturated heterocycles. The van der Waals surface area contributed by atoms with E-state index in [0.29, 0.717) is 19.4 Å². The van der Waals surface area contributed by atoms with Gasteiger partial charge in [0.25, 0.3) is 5.91 Å². The molecule has 0 heterocycles. The van der Waals surface area contributed by atoms with Gasteiger partial charge in [-0.3, -0.25) is 9.59 Å². The Morgan fingerprint density at radius 3 is 2.41 bits per heavy atom. The van der Waals surface area contributed by atoms with Crippen LogP contribution in [0.25, 0.3) is 0 Å². The third-order valence-corrected chi connectivity index (χ3v) is 5.32. The number of amides is 1. The third-order valence-electron chi connectivity index (χ3n) is 5.32. The maximum atomic E-state index is 13.2. The topological polar surface area (TPSA) is 55.4 Å². The number of carbonyl (C=O) groups is 2. The molecule has 1 fully saturated rings. The van der Waals surface area contributed by atoms with Gasteiger partial charge in [-0.2, -0.15) is 0 Å². The molecule has 2 aromatic rings. The molecule has 5 heteroatoms. The molecule has 1 N–H and O–H groups in total. The highest BCUT2D eigenvalue weighted by Gasteiger charge is 2.44. The Bertz CT molecular complexity index is 811. The number of hydrogen-bond acceptors (Lipinski definition) is 3. The molecule has 2 aromatic carbocycles. The van der Waals surface area contributed by atoms with Crippen molar-refractivity contribution in [3.8, 4) is 0 Å². The normalized spacial score (nSPS) is 15.3. The Balaban J connectivity index is 1.59. The summed E-state index contributed by atoms with van der Waals surface area (Å²) in [6.45, 7) is 2.06. The van der Waals surface area contributed by atoms with Crippen LogP contribution in [-0.2, 0) is 26.3 Å². The highest BCUT2D eigenvalue weighted by Crippen LogP contribution is 2.42. The molecule has 4 nitrogen and oxygen atoms in total. The summed E-state index contributed by atoms with van der Waals surface area (Å²) < 4.78 is 18.6. The predicted octanol–water partition coefficient (Wildman–Crippen LogP) is 3.81. The predicted molar refractivity (Wildman–Crippen MR) is 101 cm³/mol. The molecule has 0 radical (unpaired) electrons.